The predicted octanol–water partition coefficient (Wildman–Crippen LogP) is 1.59. The van der Waals surface area contributed by atoms with Crippen molar-refractivity contribution in [2.75, 3.05) is 33.2 Å². The van der Waals surface area contributed by atoms with Gasteiger partial charge in [0.25, 0.3) is 0 Å². The van der Waals surface area contributed by atoms with Crippen molar-refractivity contribution in [3.8, 4) is 0 Å². The predicted molar refractivity (Wildman–Crippen MR) is 85.3 cm³/mol. The van der Waals surface area contributed by atoms with Crippen LogP contribution in [0.3, 0.4) is 0 Å². The van der Waals surface area contributed by atoms with Crippen LogP contribution in [0.4, 0.5) is 0 Å². The molecule has 2 aliphatic rings. The third-order valence-electron chi connectivity index (χ3n) is 4.96. The molecule has 118 valence electrons. The minimum absolute atomic E-state index is 0. The number of hydrogen-bond donors (Lipinski definition) is 1. The number of piperidine rings is 1. The second kappa shape index (κ2) is 7.62. The highest BCUT2D eigenvalue weighted by atomic mass is 35.5. The van der Waals surface area contributed by atoms with Gasteiger partial charge >= 0.3 is 0 Å². The molecule has 0 aromatic rings. The maximum atomic E-state index is 12.5. The first kappa shape index (κ1) is 17.7. The van der Waals surface area contributed by atoms with Crippen molar-refractivity contribution >= 4 is 18.3 Å². The highest BCUT2D eigenvalue weighted by Crippen LogP contribution is 2.23. The molecular formula is C15H30ClN3O. The topological polar surface area (TPSA) is 35.6 Å². The first-order chi connectivity index (χ1) is 9.00. The Morgan fingerprint density at radius 2 is 1.85 bits per heavy atom. The van der Waals surface area contributed by atoms with Crippen LogP contribution in [0.2, 0.25) is 0 Å². The zero-order chi connectivity index (χ0) is 14.0. The van der Waals surface area contributed by atoms with Crippen LogP contribution in [-0.2, 0) is 4.79 Å². The van der Waals surface area contributed by atoms with E-state index in [1.807, 2.05) is 11.9 Å². The molecule has 0 unspecified atom stereocenters. The number of nitrogens with one attached hydrogen (secondary N) is 1. The molecule has 5 heteroatoms. The van der Waals surface area contributed by atoms with E-state index in [0.29, 0.717) is 23.9 Å². The summed E-state index contributed by atoms with van der Waals surface area (Å²) in [4.78, 5) is 17.1. The summed E-state index contributed by atoms with van der Waals surface area (Å²) in [5, 5.41) is 3.33. The molecule has 0 aliphatic carbocycles. The van der Waals surface area contributed by atoms with Crippen LogP contribution in [0.25, 0.3) is 0 Å². The van der Waals surface area contributed by atoms with Crippen molar-refractivity contribution in [1.82, 2.24) is 15.1 Å². The summed E-state index contributed by atoms with van der Waals surface area (Å²) in [5.74, 6) is 1.01. The molecule has 2 atom stereocenters. The van der Waals surface area contributed by atoms with Crippen LogP contribution in [0, 0.1) is 11.8 Å². The Hall–Kier alpha value is -0.320. The van der Waals surface area contributed by atoms with Gasteiger partial charge in [0, 0.05) is 38.8 Å². The van der Waals surface area contributed by atoms with Gasteiger partial charge in [0.15, 0.2) is 0 Å². The third kappa shape index (κ3) is 3.86. The van der Waals surface area contributed by atoms with E-state index in [1.165, 1.54) is 0 Å². The van der Waals surface area contributed by atoms with Crippen molar-refractivity contribution in [3.63, 3.8) is 0 Å². The second-order valence-corrected chi connectivity index (χ2v) is 6.55. The first-order valence-electron chi connectivity index (χ1n) is 7.72. The lowest BCUT2D eigenvalue weighted by molar-refractivity contribution is -0.137. The van der Waals surface area contributed by atoms with Gasteiger partial charge in [-0.3, -0.25) is 4.79 Å². The Morgan fingerprint density at radius 1 is 1.25 bits per heavy atom. The minimum Gasteiger partial charge on any atom is -0.342 e. The van der Waals surface area contributed by atoms with Crippen molar-refractivity contribution in [2.24, 2.45) is 11.8 Å². The first-order valence-corrected chi connectivity index (χ1v) is 7.72. The molecule has 2 aliphatic heterocycles. The smallest absolute Gasteiger partial charge is 0.227 e. The average molecular weight is 304 g/mol. The van der Waals surface area contributed by atoms with Gasteiger partial charge in [-0.05, 0) is 39.2 Å². The Morgan fingerprint density at radius 3 is 2.30 bits per heavy atom. The van der Waals surface area contributed by atoms with E-state index >= 15 is 0 Å². The Balaban J connectivity index is 0.00000200. The van der Waals surface area contributed by atoms with Crippen LogP contribution < -0.4 is 5.32 Å². The number of nitrogens with zero attached hydrogens (tertiary/aromatic N) is 2. The highest BCUT2D eigenvalue weighted by Gasteiger charge is 2.34. The number of likely N-dealkylation sites (tertiary alicyclic amines) is 1. The zero-order valence-electron chi connectivity index (χ0n) is 13.3. The zero-order valence-corrected chi connectivity index (χ0v) is 14.1. The number of halogens is 1. The fraction of sp³-hybridized carbons (Fsp3) is 0.933. The average Bonchev–Trinajstić information content (AvgIpc) is 2.83. The van der Waals surface area contributed by atoms with Gasteiger partial charge in [-0.25, -0.2) is 0 Å². The van der Waals surface area contributed by atoms with Crippen molar-refractivity contribution in [3.05, 3.63) is 0 Å². The second-order valence-electron chi connectivity index (χ2n) is 6.55. The molecule has 4 nitrogen and oxygen atoms in total. The van der Waals surface area contributed by atoms with Crippen LogP contribution >= 0.6 is 12.4 Å². The molecular weight excluding hydrogens is 274 g/mol. The van der Waals surface area contributed by atoms with Gasteiger partial charge < -0.3 is 15.1 Å². The summed E-state index contributed by atoms with van der Waals surface area (Å²) in [6, 6.07) is 1.07. The van der Waals surface area contributed by atoms with Crippen LogP contribution in [0.15, 0.2) is 0 Å². The fourth-order valence-electron chi connectivity index (χ4n) is 3.37. The van der Waals surface area contributed by atoms with Crippen LogP contribution in [0.1, 0.15) is 33.6 Å². The molecule has 20 heavy (non-hydrogen) atoms. The SMILES string of the molecule is CC(C)N1CCC(N(C)C(=O)[C@@H]2CNC[C@H]2C)CC1.Cl. The Kier molecular flexibility index (Phi) is 6.76. The van der Waals surface area contributed by atoms with Gasteiger partial charge in [-0.2, -0.15) is 0 Å². The van der Waals surface area contributed by atoms with Crippen LogP contribution in [0.5, 0.6) is 0 Å². The molecule has 0 bridgehead atoms. The molecule has 0 aromatic heterocycles. The number of carbonyl (C=O) groups excluding carboxylic acids is 1. The normalized spacial score (nSPS) is 28.4. The summed E-state index contributed by atoms with van der Waals surface area (Å²) in [6.07, 6.45) is 2.24. The fourth-order valence-corrected chi connectivity index (χ4v) is 3.37. The third-order valence-corrected chi connectivity index (χ3v) is 4.96. The van der Waals surface area contributed by atoms with Gasteiger partial charge in [0.1, 0.15) is 0 Å². The van der Waals surface area contributed by atoms with E-state index in [-0.39, 0.29) is 18.3 Å². The molecule has 0 aromatic carbocycles. The van der Waals surface area contributed by atoms with E-state index in [1.54, 1.807) is 0 Å². The van der Waals surface area contributed by atoms with E-state index < -0.39 is 0 Å². The minimum atomic E-state index is 0. The van der Waals surface area contributed by atoms with Crippen LogP contribution in [-0.4, -0.2) is 61.0 Å². The summed E-state index contributed by atoms with van der Waals surface area (Å²) in [7, 11) is 2.00. The van der Waals surface area contributed by atoms with Crippen molar-refractivity contribution < 1.29 is 4.79 Å². The summed E-state index contributed by atoms with van der Waals surface area (Å²) < 4.78 is 0. The standard InChI is InChI=1S/C15H29N3O.ClH/c1-11(2)18-7-5-13(6-8-18)17(4)15(19)14-10-16-9-12(14)3;/h11-14,16H,5-10H2,1-4H3;1H/t12-,14-;/m1./s1. The lowest BCUT2D eigenvalue weighted by Crippen LogP contribution is -2.49. The summed E-state index contributed by atoms with van der Waals surface area (Å²) >= 11 is 0. The maximum Gasteiger partial charge on any atom is 0.227 e. The number of carbonyl (C=O) groups is 1. The molecule has 0 saturated carbocycles. The van der Waals surface area contributed by atoms with Gasteiger partial charge in [0.05, 0.1) is 5.92 Å². The van der Waals surface area contributed by atoms with Crippen molar-refractivity contribution in [1.29, 1.82) is 0 Å². The lowest BCUT2D eigenvalue weighted by Gasteiger charge is -2.39. The Bertz CT molecular complexity index is 316. The quantitative estimate of drug-likeness (QED) is 0.860. The van der Waals surface area contributed by atoms with Gasteiger partial charge in [-0.1, -0.05) is 6.92 Å². The largest absolute Gasteiger partial charge is 0.342 e. The molecule has 2 rings (SSSR count). The number of amides is 1. The maximum absolute atomic E-state index is 12.5. The molecule has 2 fully saturated rings. The van der Waals surface area contributed by atoms with Crippen molar-refractivity contribution in [2.45, 2.75) is 45.7 Å². The van der Waals surface area contributed by atoms with Gasteiger partial charge in [0.2, 0.25) is 5.91 Å². The molecule has 1 N–H and O–H groups in total. The van der Waals surface area contributed by atoms with E-state index in [0.717, 1.165) is 39.0 Å². The monoisotopic (exact) mass is 303 g/mol. The van der Waals surface area contributed by atoms with E-state index in [4.69, 9.17) is 0 Å². The lowest BCUT2D eigenvalue weighted by atomic mass is 9.94. The Labute approximate surface area is 129 Å². The van der Waals surface area contributed by atoms with Gasteiger partial charge in [-0.15, -0.1) is 12.4 Å². The molecule has 2 heterocycles. The summed E-state index contributed by atoms with van der Waals surface area (Å²) in [5.41, 5.74) is 0. The molecule has 0 spiro atoms. The number of rotatable bonds is 3. The molecule has 2 saturated heterocycles. The summed E-state index contributed by atoms with van der Waals surface area (Å²) in [6.45, 7) is 10.8. The molecule has 0 radical (unpaired) electrons. The molecule has 1 amide bonds. The van der Waals surface area contributed by atoms with E-state index in [2.05, 4.69) is 31.0 Å². The van der Waals surface area contributed by atoms with E-state index in [9.17, 15) is 4.79 Å². The highest BCUT2D eigenvalue weighted by molar-refractivity contribution is 5.85. The number of hydrogen-bond acceptors (Lipinski definition) is 3.